The van der Waals surface area contributed by atoms with Crippen LogP contribution >= 0.6 is 11.3 Å². The van der Waals surface area contributed by atoms with Gasteiger partial charge in [-0.2, -0.15) is 9.61 Å². The second kappa shape index (κ2) is 3.62. The lowest BCUT2D eigenvalue weighted by Gasteiger charge is -1.99. The van der Waals surface area contributed by atoms with E-state index in [0.717, 1.165) is 9.97 Å². The van der Waals surface area contributed by atoms with Gasteiger partial charge in [0.2, 0.25) is 4.96 Å². The van der Waals surface area contributed by atoms with E-state index in [4.69, 9.17) is 4.74 Å². The number of hydrogen-bond donors (Lipinski definition) is 0. The number of fused-ring (bicyclic) bond motifs is 1. The van der Waals surface area contributed by atoms with Crippen molar-refractivity contribution >= 4 is 22.3 Å². The van der Waals surface area contributed by atoms with Crippen molar-refractivity contribution < 1.29 is 9.53 Å². The van der Waals surface area contributed by atoms with Crippen molar-refractivity contribution in [3.05, 3.63) is 16.4 Å². The predicted molar refractivity (Wildman–Crippen MR) is 56.3 cm³/mol. The number of nitrogens with zero attached hydrogens (tertiary/aromatic N) is 3. The average Bonchev–Trinajstić information content (AvgIpc) is 2.59. The molecule has 0 aliphatic carbocycles. The first-order valence-corrected chi connectivity index (χ1v) is 5.45. The Balaban J connectivity index is 2.56. The normalized spacial score (nSPS) is 10.9. The molecule has 0 saturated carbocycles. The zero-order valence-corrected chi connectivity index (χ0v) is 9.59. The van der Waals surface area contributed by atoms with Crippen LogP contribution in [0, 0.1) is 13.8 Å². The van der Waals surface area contributed by atoms with E-state index in [0.29, 0.717) is 18.0 Å². The molecule has 0 aromatic carbocycles. The third-order valence-electron chi connectivity index (χ3n) is 1.95. The molecule has 0 radical (unpaired) electrons. The van der Waals surface area contributed by atoms with Crippen molar-refractivity contribution in [1.29, 1.82) is 0 Å². The van der Waals surface area contributed by atoms with Crippen LogP contribution in [0.2, 0.25) is 0 Å². The predicted octanol–water partition coefficient (Wildman–Crippen LogP) is 1.58. The number of carbonyl (C=O) groups is 1. The van der Waals surface area contributed by atoms with Crippen molar-refractivity contribution in [2.24, 2.45) is 0 Å². The van der Waals surface area contributed by atoms with Crippen LogP contribution in [0.5, 0.6) is 0 Å². The molecule has 0 spiro atoms. The van der Waals surface area contributed by atoms with Crippen LogP contribution in [0.4, 0.5) is 0 Å². The van der Waals surface area contributed by atoms with Gasteiger partial charge in [-0.1, -0.05) is 11.3 Å². The maximum absolute atomic E-state index is 11.6. The molecular formula is C9H11N3O2S. The quantitative estimate of drug-likeness (QED) is 0.728. The first-order valence-electron chi connectivity index (χ1n) is 4.63. The SMILES string of the molecule is CCOC(=O)c1c(C)nc2sc(C)nn12. The van der Waals surface area contributed by atoms with Crippen LogP contribution in [-0.2, 0) is 4.74 Å². The van der Waals surface area contributed by atoms with Gasteiger partial charge in [-0.25, -0.2) is 9.78 Å². The number of aromatic nitrogens is 3. The van der Waals surface area contributed by atoms with Gasteiger partial charge in [-0.05, 0) is 20.8 Å². The molecule has 2 aromatic heterocycles. The highest BCUT2D eigenvalue weighted by Crippen LogP contribution is 2.18. The molecule has 2 rings (SSSR count). The molecule has 0 aliphatic rings. The Morgan fingerprint density at radius 3 is 2.93 bits per heavy atom. The standard InChI is InChI=1S/C9H11N3O2S/c1-4-14-8(13)7-5(2)10-9-12(7)11-6(3)15-9/h4H2,1-3H3. The minimum atomic E-state index is -0.368. The Kier molecular flexibility index (Phi) is 2.44. The summed E-state index contributed by atoms with van der Waals surface area (Å²) in [7, 11) is 0. The molecule has 0 bridgehead atoms. The lowest BCUT2D eigenvalue weighted by molar-refractivity contribution is 0.0516. The Hall–Kier alpha value is -1.43. The fourth-order valence-electron chi connectivity index (χ4n) is 1.38. The molecule has 0 N–H and O–H groups in total. The first-order chi connectivity index (χ1) is 7.13. The zero-order valence-electron chi connectivity index (χ0n) is 8.77. The van der Waals surface area contributed by atoms with E-state index in [1.807, 2.05) is 6.92 Å². The van der Waals surface area contributed by atoms with Gasteiger partial charge >= 0.3 is 5.97 Å². The Morgan fingerprint density at radius 1 is 1.53 bits per heavy atom. The van der Waals surface area contributed by atoms with Gasteiger partial charge in [0, 0.05) is 0 Å². The second-order valence-corrected chi connectivity index (χ2v) is 4.24. The highest BCUT2D eigenvalue weighted by atomic mass is 32.1. The van der Waals surface area contributed by atoms with E-state index >= 15 is 0 Å². The molecule has 80 valence electrons. The summed E-state index contributed by atoms with van der Waals surface area (Å²) in [5.41, 5.74) is 1.09. The molecule has 2 aromatic rings. The zero-order chi connectivity index (χ0) is 11.0. The van der Waals surface area contributed by atoms with Gasteiger partial charge in [-0.3, -0.25) is 0 Å². The van der Waals surface area contributed by atoms with E-state index in [2.05, 4.69) is 10.1 Å². The van der Waals surface area contributed by atoms with Crippen LogP contribution in [0.15, 0.2) is 0 Å². The molecule has 15 heavy (non-hydrogen) atoms. The summed E-state index contributed by atoms with van der Waals surface area (Å²) in [6.45, 7) is 5.79. The van der Waals surface area contributed by atoms with Crippen molar-refractivity contribution in [1.82, 2.24) is 14.6 Å². The van der Waals surface area contributed by atoms with E-state index in [1.54, 1.807) is 18.4 Å². The van der Waals surface area contributed by atoms with Crippen LogP contribution in [-0.4, -0.2) is 27.2 Å². The number of hydrogen-bond acceptors (Lipinski definition) is 5. The van der Waals surface area contributed by atoms with Crippen LogP contribution in [0.25, 0.3) is 4.96 Å². The van der Waals surface area contributed by atoms with E-state index < -0.39 is 0 Å². The van der Waals surface area contributed by atoms with Crippen molar-refractivity contribution in [2.75, 3.05) is 6.61 Å². The minimum absolute atomic E-state index is 0.356. The summed E-state index contributed by atoms with van der Waals surface area (Å²) in [5.74, 6) is -0.368. The maximum Gasteiger partial charge on any atom is 0.359 e. The Bertz CT molecular complexity index is 515. The number of ether oxygens (including phenoxy) is 1. The molecule has 5 nitrogen and oxygen atoms in total. The third kappa shape index (κ3) is 1.61. The summed E-state index contributed by atoms with van der Waals surface area (Å²) in [6, 6.07) is 0. The Labute approximate surface area is 90.7 Å². The first kappa shape index (κ1) is 10.1. The van der Waals surface area contributed by atoms with Gasteiger partial charge in [-0.15, -0.1) is 0 Å². The number of carbonyl (C=O) groups excluding carboxylic acids is 1. The second-order valence-electron chi connectivity index (χ2n) is 3.08. The highest BCUT2D eigenvalue weighted by Gasteiger charge is 2.20. The number of esters is 1. The van der Waals surface area contributed by atoms with E-state index in [1.165, 1.54) is 11.3 Å². The van der Waals surface area contributed by atoms with Crippen molar-refractivity contribution in [3.63, 3.8) is 0 Å². The molecule has 0 atom stereocenters. The molecule has 0 saturated heterocycles. The molecule has 2 heterocycles. The van der Waals surface area contributed by atoms with E-state index in [-0.39, 0.29) is 5.97 Å². The van der Waals surface area contributed by atoms with Crippen LogP contribution < -0.4 is 0 Å². The monoisotopic (exact) mass is 225 g/mol. The fourth-order valence-corrected chi connectivity index (χ4v) is 2.17. The fraction of sp³-hybridized carbons (Fsp3) is 0.444. The van der Waals surface area contributed by atoms with Crippen LogP contribution in [0.3, 0.4) is 0 Å². The number of rotatable bonds is 2. The summed E-state index contributed by atoms with van der Waals surface area (Å²) in [6.07, 6.45) is 0. The highest BCUT2D eigenvalue weighted by molar-refractivity contribution is 7.16. The van der Waals surface area contributed by atoms with Crippen molar-refractivity contribution in [2.45, 2.75) is 20.8 Å². The average molecular weight is 225 g/mol. The molecular weight excluding hydrogens is 214 g/mol. The van der Waals surface area contributed by atoms with Gasteiger partial charge in [0.25, 0.3) is 0 Å². The smallest absolute Gasteiger partial charge is 0.359 e. The summed E-state index contributed by atoms with van der Waals surface area (Å²) < 4.78 is 6.50. The molecule has 0 amide bonds. The maximum atomic E-state index is 11.6. The van der Waals surface area contributed by atoms with E-state index in [9.17, 15) is 4.79 Å². The van der Waals surface area contributed by atoms with Gasteiger partial charge < -0.3 is 4.74 Å². The molecule has 6 heteroatoms. The Morgan fingerprint density at radius 2 is 2.27 bits per heavy atom. The van der Waals surface area contributed by atoms with Gasteiger partial charge in [0.05, 0.1) is 12.3 Å². The molecule has 0 aliphatic heterocycles. The summed E-state index contributed by atoms with van der Waals surface area (Å²) >= 11 is 1.46. The molecule has 0 unspecified atom stereocenters. The summed E-state index contributed by atoms with van der Waals surface area (Å²) in [4.78, 5) is 16.6. The minimum Gasteiger partial charge on any atom is -0.461 e. The van der Waals surface area contributed by atoms with Gasteiger partial charge in [0.15, 0.2) is 5.69 Å². The van der Waals surface area contributed by atoms with Crippen LogP contribution in [0.1, 0.15) is 28.1 Å². The number of aryl methyl sites for hydroxylation is 2. The summed E-state index contributed by atoms with van der Waals surface area (Å²) in [5, 5.41) is 5.09. The molecule has 0 fully saturated rings. The lowest BCUT2D eigenvalue weighted by Crippen LogP contribution is -2.10. The number of imidazole rings is 1. The van der Waals surface area contributed by atoms with Gasteiger partial charge in [0.1, 0.15) is 5.01 Å². The lowest BCUT2D eigenvalue weighted by atomic mass is 10.3. The topological polar surface area (TPSA) is 56.5 Å². The third-order valence-corrected chi connectivity index (χ3v) is 2.77. The largest absolute Gasteiger partial charge is 0.461 e. The van der Waals surface area contributed by atoms with Crippen molar-refractivity contribution in [3.8, 4) is 0 Å².